The molecule has 4 bridgehead atoms. The summed E-state index contributed by atoms with van der Waals surface area (Å²) in [6.45, 7) is 33.9. The molecule has 6 saturated heterocycles. The highest BCUT2D eigenvalue weighted by molar-refractivity contribution is 6.39. The van der Waals surface area contributed by atoms with Crippen LogP contribution in [0.4, 0.5) is 0 Å². The van der Waals surface area contributed by atoms with Crippen molar-refractivity contribution in [2.45, 2.75) is 395 Å². The van der Waals surface area contributed by atoms with Gasteiger partial charge >= 0.3 is 11.9 Å². The molecule has 8 heterocycles. The molecular weight excluding hydrogens is 1840 g/mol. The van der Waals surface area contributed by atoms with Gasteiger partial charge in [0.05, 0.1) is 101 Å². The number of aliphatic hydroxyl groups excluding tert-OH is 4. The number of esters is 2. The van der Waals surface area contributed by atoms with Gasteiger partial charge in [-0.05, 0) is 240 Å². The van der Waals surface area contributed by atoms with E-state index in [0.717, 1.165) is 36.8 Å². The summed E-state index contributed by atoms with van der Waals surface area (Å²) in [5.41, 5.74) is 2.86. The molecule has 8 aliphatic heterocycles. The third-order valence-corrected chi connectivity index (χ3v) is 32.6. The molecule has 2 saturated carbocycles. The van der Waals surface area contributed by atoms with Gasteiger partial charge in [-0.1, -0.05) is 163 Å². The average Bonchev–Trinajstić information content (AvgIpc) is 0.772. The zero-order chi connectivity index (χ0) is 105. The molecule has 2 amide bonds. The minimum atomic E-state index is -2.44. The zero-order valence-electron chi connectivity index (χ0n) is 89.3. The number of amides is 2. The number of aliphatic hydroxyl groups is 6. The Kier molecular flexibility index (Phi) is 50.8. The molecule has 144 heavy (non-hydrogen) atoms. The number of ether oxygens (including phenoxy) is 11. The van der Waals surface area contributed by atoms with E-state index in [1.165, 1.54) is 9.80 Å². The standard InChI is InChI=1S/C58H91NO14.C56H87NO13.CH4/c1-10-46-53(62)40(6)28-36(2)16-12-11-13-17-37(3)50(70-26-23-44-34-69-35-44)32-45-21-19-42(8)58(67,73-45)55(64)56(65)59-24-15-14-18-47(59)57(66)72-51(33-48(61)38(4)29-41(7)54(46)63)39(5)30-43-20-22-49(71-27-25-60)52(31-43)68-9;1-10-44-51(60)38(6)26-34(2)16-12-11-13-17-35(3)48(68-25-23-42-32-67-33-42)30-43-21-19-40(8)56(65,70-43)53(62)54(63)57-24-15-14-18-45(57)55(64)69-49(31-47(59)36(4)27-39(7)52(44)61)37(5)28-41-20-22-46(58)50(29-41)66-9;/h11-13,16-17,29,36,38-40,42-47,49-52,54,60,63,67H,10,14-15,18-28,30-35H2,1-9H3;11-13,16-17,27,34,36-38,40-46,48-50,52,58,61,65H,10,14-15,18-26,28-33H2,1-9H3;1H4/b13-11+,16-12+,37-17+,41-29+;13-11+,16-12+,35-17+,39-27+;. The third-order valence-electron chi connectivity index (χ3n) is 32.6. The Labute approximate surface area is 859 Å². The lowest BCUT2D eigenvalue weighted by Gasteiger charge is -2.43. The maximum Gasteiger partial charge on any atom is 0.329 e. The number of methoxy groups -OCH3 is 2. The van der Waals surface area contributed by atoms with Crippen LogP contribution in [0.2, 0.25) is 0 Å². The fourth-order valence-electron chi connectivity index (χ4n) is 22.8. The Morgan fingerprint density at radius 3 is 1.24 bits per heavy atom. The maximum atomic E-state index is 14.6. The predicted octanol–water partition coefficient (Wildman–Crippen LogP) is 15.8. The summed E-state index contributed by atoms with van der Waals surface area (Å²) in [4.78, 5) is 146. The van der Waals surface area contributed by atoms with E-state index in [1.807, 2.05) is 104 Å². The number of nitrogens with zero attached hydrogens (tertiary/aromatic N) is 2. The zero-order valence-corrected chi connectivity index (χ0v) is 89.3. The van der Waals surface area contributed by atoms with Crippen LogP contribution in [-0.2, 0) is 100 Å². The lowest BCUT2D eigenvalue weighted by Crippen LogP contribution is -2.61. The van der Waals surface area contributed by atoms with Gasteiger partial charge in [-0.3, -0.25) is 38.4 Å². The maximum absolute atomic E-state index is 14.6. The Morgan fingerprint density at radius 2 is 0.854 bits per heavy atom. The first-order valence-corrected chi connectivity index (χ1v) is 54.2. The van der Waals surface area contributed by atoms with Crippen molar-refractivity contribution < 1.29 is 131 Å². The van der Waals surface area contributed by atoms with Crippen molar-refractivity contribution in [3.63, 3.8) is 0 Å². The molecule has 30 atom stereocenters. The fraction of sp³-hybridized carbons (Fsp3) is 0.774. The van der Waals surface area contributed by atoms with Crippen LogP contribution in [0.25, 0.3) is 0 Å². The molecule has 29 nitrogen and oxygen atoms in total. The summed E-state index contributed by atoms with van der Waals surface area (Å²) < 4.78 is 66.3. The molecule has 8 fully saturated rings. The van der Waals surface area contributed by atoms with Crippen LogP contribution in [0.3, 0.4) is 0 Å². The van der Waals surface area contributed by atoms with Gasteiger partial charge in [0, 0.05) is 125 Å². The Balaban J connectivity index is 0.000000350. The lowest BCUT2D eigenvalue weighted by molar-refractivity contribution is -0.266. The topological polar surface area (TPSA) is 400 Å². The number of allylic oxidation sites excluding steroid dienone is 12. The molecule has 814 valence electrons. The summed E-state index contributed by atoms with van der Waals surface area (Å²) >= 11 is 0. The third kappa shape index (κ3) is 34.6. The van der Waals surface area contributed by atoms with Gasteiger partial charge < -0.3 is 92.5 Å². The summed E-state index contributed by atoms with van der Waals surface area (Å²) in [6, 6.07) is -2.27. The van der Waals surface area contributed by atoms with Gasteiger partial charge in [-0.15, -0.1) is 0 Å². The molecule has 6 N–H and O–H groups in total. The van der Waals surface area contributed by atoms with Crippen molar-refractivity contribution in [1.29, 1.82) is 0 Å². The van der Waals surface area contributed by atoms with E-state index in [1.54, 1.807) is 67.9 Å². The number of hydrogen-bond acceptors (Lipinski definition) is 27. The van der Waals surface area contributed by atoms with Crippen LogP contribution < -0.4 is 0 Å². The average molecular weight is 2020 g/mol. The Bertz CT molecular complexity index is 4370. The number of ketones is 6. The molecule has 2 aliphatic carbocycles. The smallest absolute Gasteiger partial charge is 0.329 e. The number of carbonyl (C=O) groups is 10. The number of hydrogen-bond donors (Lipinski definition) is 6. The number of piperidine rings is 2. The second kappa shape index (κ2) is 59.7. The number of fused-ring (bicyclic) bond motifs is 6. The molecule has 10 aliphatic rings. The van der Waals surface area contributed by atoms with Crippen LogP contribution in [0, 0.1) is 94.7 Å². The second-order valence-corrected chi connectivity index (χ2v) is 44.1. The van der Waals surface area contributed by atoms with Crippen molar-refractivity contribution in [2.75, 3.05) is 80.2 Å². The van der Waals surface area contributed by atoms with Crippen molar-refractivity contribution in [1.82, 2.24) is 9.80 Å². The van der Waals surface area contributed by atoms with Crippen LogP contribution in [0.15, 0.2) is 95.2 Å². The quantitative estimate of drug-likeness (QED) is 0.0353. The van der Waals surface area contributed by atoms with E-state index in [9.17, 15) is 78.6 Å². The SMILES string of the molecule is C.CCC1C(=O)C(C)CC(C)/C=C/C=C/C=C(\C)C(OCCC2COC2)CC2CCC(C)C(O)(O2)C(=O)C(=O)N2CCCCC2C(=O)OC(C(C)CC2CCC(O)C(OC)C2)CC(=O)C(C)/C=C(\C)C1O.CCC1C(=O)C(C)CC(C)/C=C/C=C/C=C(\C)C(OCCC2COC2)CC2CCC(C)C(O)(O2)C(=O)C(=O)N2CCCCC2C(=O)OC(C(C)CC2CCC(OCCO)C(OC)C2)CC(=O)C(C)/C=C(\C)C1O. The van der Waals surface area contributed by atoms with Gasteiger partial charge in [0.2, 0.25) is 11.6 Å². The van der Waals surface area contributed by atoms with Gasteiger partial charge in [-0.2, -0.15) is 0 Å². The number of Topliss-reactive ketones (excluding diaryl/α,β-unsaturated/α-hetero) is 6. The molecule has 0 spiro atoms. The molecular formula is C115H182N2O27. The molecule has 0 aromatic carbocycles. The van der Waals surface area contributed by atoms with Gasteiger partial charge in [0.25, 0.3) is 23.4 Å². The van der Waals surface area contributed by atoms with E-state index < -0.39 is 149 Å². The second-order valence-electron chi connectivity index (χ2n) is 44.1. The Hall–Kier alpha value is -6.78. The van der Waals surface area contributed by atoms with Crippen molar-refractivity contribution in [3.8, 4) is 0 Å². The summed E-state index contributed by atoms with van der Waals surface area (Å²) in [6.07, 6.45) is 29.5. The Morgan fingerprint density at radius 1 is 0.451 bits per heavy atom. The van der Waals surface area contributed by atoms with Crippen LogP contribution in [0.1, 0.15) is 298 Å². The molecule has 0 aromatic heterocycles. The van der Waals surface area contributed by atoms with E-state index in [0.29, 0.717) is 191 Å². The predicted molar refractivity (Wildman–Crippen MR) is 550 cm³/mol. The van der Waals surface area contributed by atoms with E-state index >= 15 is 0 Å². The number of rotatable bonds is 21. The van der Waals surface area contributed by atoms with Crippen molar-refractivity contribution >= 4 is 58.5 Å². The molecule has 29 heteroatoms. The summed E-state index contributed by atoms with van der Waals surface area (Å²) in [5.74, 6) is -15.3. The summed E-state index contributed by atoms with van der Waals surface area (Å²) in [5, 5.41) is 67.5. The minimum absolute atomic E-state index is 0. The van der Waals surface area contributed by atoms with E-state index in [2.05, 4.69) is 26.0 Å². The largest absolute Gasteiger partial charge is 0.460 e. The highest BCUT2D eigenvalue weighted by atomic mass is 16.6. The number of carbonyl (C=O) groups excluding carboxylic acids is 10. The molecule has 0 radical (unpaired) electrons. The van der Waals surface area contributed by atoms with E-state index in [-0.39, 0.29) is 148 Å². The number of cyclic esters (lactones) is 2. The van der Waals surface area contributed by atoms with Gasteiger partial charge in [0.15, 0.2) is 0 Å². The highest BCUT2D eigenvalue weighted by Crippen LogP contribution is 2.43. The lowest BCUT2D eigenvalue weighted by atomic mass is 9.78. The van der Waals surface area contributed by atoms with Crippen LogP contribution in [0.5, 0.6) is 0 Å². The monoisotopic (exact) mass is 2020 g/mol. The van der Waals surface area contributed by atoms with E-state index in [4.69, 9.17) is 52.1 Å². The first kappa shape index (κ1) is 122. The highest BCUT2D eigenvalue weighted by Gasteiger charge is 2.56. The summed E-state index contributed by atoms with van der Waals surface area (Å²) in [7, 11) is 3.21. The first-order chi connectivity index (χ1) is 68.1. The molecule has 10 rings (SSSR count). The van der Waals surface area contributed by atoms with Crippen molar-refractivity contribution in [2.24, 2.45) is 94.7 Å². The van der Waals surface area contributed by atoms with Crippen LogP contribution >= 0.6 is 0 Å². The van der Waals surface area contributed by atoms with Gasteiger partial charge in [-0.25, -0.2) is 9.59 Å². The minimum Gasteiger partial charge on any atom is -0.460 e. The van der Waals surface area contributed by atoms with Crippen LogP contribution in [-0.4, -0.2) is 276 Å². The van der Waals surface area contributed by atoms with Gasteiger partial charge in [0.1, 0.15) is 47.4 Å². The molecule has 0 aromatic rings. The van der Waals surface area contributed by atoms with Crippen molar-refractivity contribution in [3.05, 3.63) is 95.2 Å². The molecule has 30 unspecified atom stereocenters. The fourth-order valence-corrected chi connectivity index (χ4v) is 22.8. The normalized spacial score (nSPS) is 38.8. The first-order valence-electron chi connectivity index (χ1n) is 54.2.